The summed E-state index contributed by atoms with van der Waals surface area (Å²) in [4.78, 5) is 0. The fraction of sp³-hybridized carbons (Fsp3) is 0. The van der Waals surface area contributed by atoms with E-state index in [1.54, 1.807) is 0 Å². The van der Waals surface area contributed by atoms with Crippen molar-refractivity contribution in [1.82, 2.24) is 0 Å². The largest absolute Gasteiger partial charge is 0.185 e. The van der Waals surface area contributed by atoms with E-state index in [1.807, 2.05) is 0 Å². The Hall–Kier alpha value is 0.528. The van der Waals surface area contributed by atoms with Crippen molar-refractivity contribution in [2.24, 2.45) is 0 Å². The summed E-state index contributed by atoms with van der Waals surface area (Å²) in [6.45, 7) is 0. The van der Waals surface area contributed by atoms with E-state index >= 15 is 0 Å². The van der Waals surface area contributed by atoms with Gasteiger partial charge in [-0.05, 0) is 0 Å². The number of hydrogen-bond acceptors (Lipinski definition) is 2. The molecular formula is CHMoNS. The van der Waals surface area contributed by atoms with Crippen LogP contribution in [0.4, 0.5) is 0 Å². The van der Waals surface area contributed by atoms with Gasteiger partial charge in [-0.1, -0.05) is 12.6 Å². The minimum absolute atomic E-state index is 0. The summed E-state index contributed by atoms with van der Waals surface area (Å²) < 4.78 is 0. The zero-order chi connectivity index (χ0) is 2.71. The fourth-order valence-corrected chi connectivity index (χ4v) is 0. The molecule has 0 aromatic carbocycles. The van der Waals surface area contributed by atoms with E-state index in [2.05, 4.69) is 12.6 Å². The molecule has 0 fully saturated rings. The molecule has 0 rings (SSSR count). The first-order valence-corrected chi connectivity index (χ1v) is 0.894. The Morgan fingerprint density at radius 3 is 1.75 bits per heavy atom. The molecule has 0 bridgehead atoms. The average molecular weight is 155 g/mol. The van der Waals surface area contributed by atoms with E-state index in [0.29, 0.717) is 0 Å². The van der Waals surface area contributed by atoms with Crippen molar-refractivity contribution in [3.63, 3.8) is 0 Å². The van der Waals surface area contributed by atoms with Gasteiger partial charge in [0.15, 0.2) is 0 Å². The average Bonchev–Trinajstić information content (AvgIpc) is 0.918. The molecule has 0 unspecified atom stereocenters. The Kier molecular flexibility index (Phi) is 21.3. The SMILES string of the molecule is N#CS.[Mo]. The van der Waals surface area contributed by atoms with E-state index in [4.69, 9.17) is 5.26 Å². The molecule has 0 aliphatic rings. The van der Waals surface area contributed by atoms with E-state index < -0.39 is 0 Å². The summed E-state index contributed by atoms with van der Waals surface area (Å²) in [5.41, 5.74) is 0. The third-order valence-electron chi connectivity index (χ3n) is 0. The summed E-state index contributed by atoms with van der Waals surface area (Å²) in [5, 5.41) is 8.63. The summed E-state index contributed by atoms with van der Waals surface area (Å²) in [6.07, 6.45) is 0. The van der Waals surface area contributed by atoms with Crippen LogP contribution in [0.5, 0.6) is 0 Å². The van der Waals surface area contributed by atoms with Gasteiger partial charge in [-0.2, -0.15) is 5.26 Å². The number of nitriles is 1. The monoisotopic (exact) mass is 157 g/mol. The first-order chi connectivity index (χ1) is 1.41. The van der Waals surface area contributed by atoms with Gasteiger partial charge in [0.05, 0.1) is 0 Å². The standard InChI is InChI=1S/CHNS.Mo/c2-1-3;/h3H;. The van der Waals surface area contributed by atoms with Gasteiger partial charge in [-0.3, -0.25) is 0 Å². The predicted octanol–water partition coefficient (Wildman–Crippen LogP) is 0.395. The topological polar surface area (TPSA) is 23.8 Å². The first-order valence-electron chi connectivity index (χ1n) is 0.447. The van der Waals surface area contributed by atoms with Crippen LogP contribution >= 0.6 is 12.6 Å². The Morgan fingerprint density at radius 1 is 1.75 bits per heavy atom. The molecule has 0 saturated carbocycles. The Morgan fingerprint density at radius 2 is 1.75 bits per heavy atom. The number of thiocyanates is 1. The number of nitrogens with zero attached hydrogens (tertiary/aromatic N) is 1. The molecular weight excluding hydrogens is 154 g/mol. The van der Waals surface area contributed by atoms with Crippen LogP contribution in [0, 0.1) is 10.7 Å². The minimum atomic E-state index is 0. The van der Waals surface area contributed by atoms with Crippen LogP contribution in [0.25, 0.3) is 0 Å². The second-order valence-electron chi connectivity index (χ2n) is 0.100. The fourth-order valence-electron chi connectivity index (χ4n) is 0. The molecule has 0 radical (unpaired) electrons. The molecule has 0 aliphatic carbocycles. The molecule has 0 heterocycles. The van der Waals surface area contributed by atoms with Crippen LogP contribution in [0.1, 0.15) is 0 Å². The van der Waals surface area contributed by atoms with Crippen LogP contribution < -0.4 is 0 Å². The first kappa shape index (κ1) is 8.82. The molecule has 22 valence electrons. The molecule has 0 aliphatic heterocycles. The van der Waals surface area contributed by atoms with E-state index in [-0.39, 0.29) is 21.1 Å². The van der Waals surface area contributed by atoms with E-state index in [0.717, 1.165) is 0 Å². The van der Waals surface area contributed by atoms with Crippen LogP contribution in [-0.4, -0.2) is 0 Å². The Balaban J connectivity index is 0. The number of rotatable bonds is 0. The van der Waals surface area contributed by atoms with Crippen molar-refractivity contribution in [1.29, 1.82) is 5.26 Å². The molecule has 0 saturated heterocycles. The molecule has 0 N–H and O–H groups in total. The smallest absolute Gasteiger partial charge is 0.130 e. The van der Waals surface area contributed by atoms with E-state index in [1.165, 1.54) is 5.40 Å². The normalized spacial score (nSPS) is 2.00. The van der Waals surface area contributed by atoms with Gasteiger partial charge in [0.2, 0.25) is 0 Å². The van der Waals surface area contributed by atoms with Gasteiger partial charge in [0.1, 0.15) is 5.40 Å². The maximum atomic E-state index is 7.18. The molecule has 0 atom stereocenters. The van der Waals surface area contributed by atoms with Crippen LogP contribution in [0.2, 0.25) is 0 Å². The maximum absolute atomic E-state index is 7.18. The van der Waals surface area contributed by atoms with Crippen LogP contribution in [-0.2, 0) is 21.1 Å². The predicted molar refractivity (Wildman–Crippen MR) is 14.6 cm³/mol. The van der Waals surface area contributed by atoms with Crippen LogP contribution in [0.15, 0.2) is 0 Å². The van der Waals surface area contributed by atoms with Gasteiger partial charge in [0.25, 0.3) is 0 Å². The molecule has 0 amide bonds. The van der Waals surface area contributed by atoms with E-state index in [9.17, 15) is 0 Å². The summed E-state index contributed by atoms with van der Waals surface area (Å²) in [6, 6.07) is 0. The van der Waals surface area contributed by atoms with Gasteiger partial charge < -0.3 is 0 Å². The Bertz CT molecular complexity index is 29.5. The van der Waals surface area contributed by atoms with Gasteiger partial charge in [-0.15, -0.1) is 0 Å². The number of thiol groups is 1. The third kappa shape index (κ3) is 21.2. The van der Waals surface area contributed by atoms with Gasteiger partial charge >= 0.3 is 0 Å². The number of hydrogen-bond donors (Lipinski definition) is 1. The second kappa shape index (κ2) is 9.66. The second-order valence-corrected chi connectivity index (χ2v) is 0.300. The molecule has 0 aromatic rings. The maximum Gasteiger partial charge on any atom is 0.130 e. The van der Waals surface area contributed by atoms with Gasteiger partial charge in [0, 0.05) is 21.1 Å². The van der Waals surface area contributed by atoms with Crippen molar-refractivity contribution < 1.29 is 21.1 Å². The molecule has 1 nitrogen and oxygen atoms in total. The zero-order valence-corrected chi connectivity index (χ0v) is 4.70. The molecule has 0 spiro atoms. The molecule has 3 heteroatoms. The third-order valence-corrected chi connectivity index (χ3v) is 0. The summed E-state index contributed by atoms with van der Waals surface area (Å²) in [5.74, 6) is 0. The van der Waals surface area contributed by atoms with Crippen molar-refractivity contribution in [3.8, 4) is 5.40 Å². The molecule has 0 aromatic heterocycles. The quantitative estimate of drug-likeness (QED) is 0.305. The molecule has 4 heavy (non-hydrogen) atoms. The summed E-state index contributed by atoms with van der Waals surface area (Å²) >= 11 is 3.09. The zero-order valence-electron chi connectivity index (χ0n) is 1.80. The van der Waals surface area contributed by atoms with Crippen LogP contribution in [0.3, 0.4) is 0 Å². The van der Waals surface area contributed by atoms with Crippen molar-refractivity contribution >= 4 is 12.6 Å². The van der Waals surface area contributed by atoms with Crippen molar-refractivity contribution in [2.75, 3.05) is 0 Å². The van der Waals surface area contributed by atoms with Crippen molar-refractivity contribution in [2.45, 2.75) is 0 Å². The minimum Gasteiger partial charge on any atom is -0.185 e. The summed E-state index contributed by atoms with van der Waals surface area (Å²) in [7, 11) is 0. The Labute approximate surface area is 44.7 Å². The van der Waals surface area contributed by atoms with Gasteiger partial charge in [-0.25, -0.2) is 0 Å². The van der Waals surface area contributed by atoms with Crippen molar-refractivity contribution in [3.05, 3.63) is 0 Å².